The Labute approximate surface area is 120 Å². The third-order valence-corrected chi connectivity index (χ3v) is 4.35. The Morgan fingerprint density at radius 1 is 1.30 bits per heavy atom. The van der Waals surface area contributed by atoms with Gasteiger partial charge in [0, 0.05) is 12.0 Å². The number of rotatable bonds is 2. The van der Waals surface area contributed by atoms with E-state index in [2.05, 4.69) is 26.8 Å². The molecule has 0 spiro atoms. The van der Waals surface area contributed by atoms with Crippen LogP contribution in [0.1, 0.15) is 45.6 Å². The van der Waals surface area contributed by atoms with Crippen LogP contribution in [-0.2, 0) is 6.42 Å². The Bertz CT molecular complexity index is 495. The summed E-state index contributed by atoms with van der Waals surface area (Å²) in [7, 11) is 0. The van der Waals surface area contributed by atoms with E-state index in [1.807, 2.05) is 12.1 Å². The first-order valence-corrected chi connectivity index (χ1v) is 7.60. The fourth-order valence-electron chi connectivity index (χ4n) is 3.28. The third kappa shape index (κ3) is 2.64. The molecule has 1 aromatic rings. The topological polar surface area (TPSA) is 38.7 Å². The van der Waals surface area contributed by atoms with Crippen molar-refractivity contribution in [3.05, 3.63) is 23.8 Å². The maximum Gasteiger partial charge on any atom is 0.165 e. The van der Waals surface area contributed by atoms with E-state index in [0.29, 0.717) is 5.92 Å². The highest BCUT2D eigenvalue weighted by Crippen LogP contribution is 2.43. The van der Waals surface area contributed by atoms with E-state index in [0.717, 1.165) is 37.2 Å². The standard InChI is InChI=1S/C17H24O3/c1-11-7-8-13(18)15(9-11)19-14-6-4-5-12-10-17(2,3)20-16(12)14/h4-6,11,13,15,18H,7-10H2,1-3H3. The van der Waals surface area contributed by atoms with E-state index in [4.69, 9.17) is 9.47 Å². The van der Waals surface area contributed by atoms with Crippen LogP contribution in [0, 0.1) is 5.92 Å². The van der Waals surface area contributed by atoms with Gasteiger partial charge < -0.3 is 14.6 Å². The predicted molar refractivity (Wildman–Crippen MR) is 78.3 cm³/mol. The summed E-state index contributed by atoms with van der Waals surface area (Å²) in [4.78, 5) is 0. The molecule has 1 aliphatic heterocycles. The summed E-state index contributed by atoms with van der Waals surface area (Å²) in [6.45, 7) is 6.40. The van der Waals surface area contributed by atoms with E-state index in [1.165, 1.54) is 5.56 Å². The molecule has 20 heavy (non-hydrogen) atoms. The van der Waals surface area contributed by atoms with Crippen LogP contribution >= 0.6 is 0 Å². The zero-order valence-corrected chi connectivity index (χ0v) is 12.6. The molecule has 3 nitrogen and oxygen atoms in total. The van der Waals surface area contributed by atoms with Crippen molar-refractivity contribution in [3.8, 4) is 11.5 Å². The Morgan fingerprint density at radius 2 is 2.10 bits per heavy atom. The Morgan fingerprint density at radius 3 is 2.90 bits per heavy atom. The largest absolute Gasteiger partial charge is 0.484 e. The molecular formula is C17H24O3. The molecule has 1 saturated carbocycles. The molecule has 1 N–H and O–H groups in total. The van der Waals surface area contributed by atoms with E-state index in [9.17, 15) is 5.11 Å². The van der Waals surface area contributed by atoms with Gasteiger partial charge in [-0.15, -0.1) is 0 Å². The summed E-state index contributed by atoms with van der Waals surface area (Å²) < 4.78 is 12.1. The number of hydrogen-bond donors (Lipinski definition) is 1. The van der Waals surface area contributed by atoms with Crippen molar-refractivity contribution in [1.29, 1.82) is 0 Å². The van der Waals surface area contributed by atoms with Gasteiger partial charge in [-0.05, 0) is 45.1 Å². The van der Waals surface area contributed by atoms with Crippen LogP contribution < -0.4 is 9.47 Å². The lowest BCUT2D eigenvalue weighted by Crippen LogP contribution is -2.37. The maximum atomic E-state index is 10.1. The summed E-state index contributed by atoms with van der Waals surface area (Å²) in [5, 5.41) is 10.1. The summed E-state index contributed by atoms with van der Waals surface area (Å²) in [5.74, 6) is 2.26. The van der Waals surface area contributed by atoms with Crippen LogP contribution in [0.4, 0.5) is 0 Å². The molecule has 0 aromatic heterocycles. The zero-order valence-electron chi connectivity index (χ0n) is 12.6. The summed E-state index contributed by atoms with van der Waals surface area (Å²) >= 11 is 0. The fourth-order valence-corrected chi connectivity index (χ4v) is 3.28. The zero-order chi connectivity index (χ0) is 14.3. The fraction of sp³-hybridized carbons (Fsp3) is 0.647. The van der Waals surface area contributed by atoms with Crippen LogP contribution in [-0.4, -0.2) is 22.9 Å². The normalized spacial score (nSPS) is 31.5. The Kier molecular flexibility index (Phi) is 3.41. The second-order valence-corrected chi connectivity index (χ2v) is 6.92. The van der Waals surface area contributed by atoms with Gasteiger partial charge in [0.05, 0.1) is 6.10 Å². The average molecular weight is 276 g/mol. The molecule has 3 atom stereocenters. The maximum absolute atomic E-state index is 10.1. The molecule has 3 unspecified atom stereocenters. The molecule has 1 aliphatic carbocycles. The van der Waals surface area contributed by atoms with Crippen LogP contribution in [0.25, 0.3) is 0 Å². The predicted octanol–water partition coefficient (Wildman–Crippen LogP) is 3.33. The smallest absolute Gasteiger partial charge is 0.165 e. The molecule has 3 heteroatoms. The lowest BCUT2D eigenvalue weighted by molar-refractivity contribution is -0.00976. The van der Waals surface area contributed by atoms with Crippen molar-refractivity contribution in [2.75, 3.05) is 0 Å². The number of benzene rings is 1. The number of aliphatic hydroxyl groups is 1. The minimum atomic E-state index is -0.364. The van der Waals surface area contributed by atoms with Gasteiger partial charge in [-0.2, -0.15) is 0 Å². The molecule has 1 fully saturated rings. The average Bonchev–Trinajstić information content (AvgIpc) is 2.69. The molecule has 2 aliphatic rings. The first-order valence-electron chi connectivity index (χ1n) is 7.60. The second kappa shape index (κ2) is 4.96. The highest BCUT2D eigenvalue weighted by atomic mass is 16.5. The van der Waals surface area contributed by atoms with E-state index in [1.54, 1.807) is 0 Å². The highest BCUT2D eigenvalue weighted by Gasteiger charge is 2.34. The van der Waals surface area contributed by atoms with Gasteiger partial charge in [0.25, 0.3) is 0 Å². The minimum Gasteiger partial charge on any atom is -0.484 e. The number of fused-ring (bicyclic) bond motifs is 1. The molecular weight excluding hydrogens is 252 g/mol. The number of hydrogen-bond acceptors (Lipinski definition) is 3. The Hall–Kier alpha value is -1.22. The number of para-hydroxylation sites is 1. The van der Waals surface area contributed by atoms with Crippen molar-refractivity contribution < 1.29 is 14.6 Å². The Balaban J connectivity index is 1.81. The van der Waals surface area contributed by atoms with Crippen LogP contribution in [0.3, 0.4) is 0 Å². The second-order valence-electron chi connectivity index (χ2n) is 6.92. The first kappa shape index (κ1) is 13.7. The van der Waals surface area contributed by atoms with Gasteiger partial charge >= 0.3 is 0 Å². The number of aliphatic hydroxyl groups excluding tert-OH is 1. The summed E-state index contributed by atoms with van der Waals surface area (Å²) in [6, 6.07) is 6.06. The highest BCUT2D eigenvalue weighted by molar-refractivity contribution is 5.50. The monoisotopic (exact) mass is 276 g/mol. The SMILES string of the molecule is CC1CCC(O)C(Oc2cccc3c2OC(C)(C)C3)C1. The van der Waals surface area contributed by atoms with Crippen molar-refractivity contribution >= 4 is 0 Å². The van der Waals surface area contributed by atoms with Gasteiger partial charge in [0.15, 0.2) is 11.5 Å². The van der Waals surface area contributed by atoms with Gasteiger partial charge in [-0.3, -0.25) is 0 Å². The van der Waals surface area contributed by atoms with E-state index in [-0.39, 0.29) is 17.8 Å². The molecule has 0 amide bonds. The molecule has 110 valence electrons. The van der Waals surface area contributed by atoms with Crippen LogP contribution in [0.5, 0.6) is 11.5 Å². The molecule has 0 radical (unpaired) electrons. The molecule has 3 rings (SSSR count). The molecule has 0 saturated heterocycles. The first-order chi connectivity index (χ1) is 9.44. The van der Waals surface area contributed by atoms with E-state index < -0.39 is 0 Å². The van der Waals surface area contributed by atoms with Crippen LogP contribution in [0.2, 0.25) is 0 Å². The van der Waals surface area contributed by atoms with Crippen molar-refractivity contribution in [1.82, 2.24) is 0 Å². The lowest BCUT2D eigenvalue weighted by Gasteiger charge is -2.32. The van der Waals surface area contributed by atoms with Crippen molar-refractivity contribution in [2.45, 2.75) is 64.3 Å². The molecule has 1 aromatic carbocycles. The van der Waals surface area contributed by atoms with Gasteiger partial charge in [0.2, 0.25) is 0 Å². The minimum absolute atomic E-state index is 0.113. The quantitative estimate of drug-likeness (QED) is 0.900. The summed E-state index contributed by atoms with van der Waals surface area (Å²) in [6.07, 6.45) is 3.25. The van der Waals surface area contributed by atoms with Crippen molar-refractivity contribution in [3.63, 3.8) is 0 Å². The molecule has 0 bridgehead atoms. The van der Waals surface area contributed by atoms with Gasteiger partial charge in [0.1, 0.15) is 11.7 Å². The molecule has 1 heterocycles. The third-order valence-electron chi connectivity index (χ3n) is 4.35. The summed E-state index contributed by atoms with van der Waals surface area (Å²) in [5.41, 5.74) is 1.03. The lowest BCUT2D eigenvalue weighted by atomic mass is 9.86. The van der Waals surface area contributed by atoms with Gasteiger partial charge in [-0.1, -0.05) is 19.1 Å². The van der Waals surface area contributed by atoms with Crippen molar-refractivity contribution in [2.24, 2.45) is 5.92 Å². The number of ether oxygens (including phenoxy) is 2. The van der Waals surface area contributed by atoms with Gasteiger partial charge in [-0.25, -0.2) is 0 Å². The van der Waals surface area contributed by atoms with Crippen LogP contribution in [0.15, 0.2) is 18.2 Å². The van der Waals surface area contributed by atoms with E-state index >= 15 is 0 Å².